The fourth-order valence-corrected chi connectivity index (χ4v) is 4.43. The van der Waals surface area contributed by atoms with Crippen LogP contribution in [-0.4, -0.2) is 53.1 Å². The van der Waals surface area contributed by atoms with Gasteiger partial charge in [0.1, 0.15) is 6.54 Å². The van der Waals surface area contributed by atoms with Crippen LogP contribution in [0, 0.1) is 6.92 Å². The maximum atomic E-state index is 13.3. The molecule has 1 aliphatic rings. The third-order valence-corrected chi connectivity index (χ3v) is 6.61. The van der Waals surface area contributed by atoms with Gasteiger partial charge in [0.25, 0.3) is 5.91 Å². The molecule has 1 aliphatic carbocycles. The van der Waals surface area contributed by atoms with E-state index in [-0.39, 0.29) is 24.4 Å². The van der Waals surface area contributed by atoms with Crippen molar-refractivity contribution in [1.29, 1.82) is 0 Å². The zero-order valence-corrected chi connectivity index (χ0v) is 21.7. The minimum atomic E-state index is -0.314. The summed E-state index contributed by atoms with van der Waals surface area (Å²) in [6.45, 7) is 1.85. The Balaban J connectivity index is 1.45. The third kappa shape index (κ3) is 5.25. The Morgan fingerprint density at radius 2 is 1.68 bits per heavy atom. The van der Waals surface area contributed by atoms with Gasteiger partial charge in [0.15, 0.2) is 11.5 Å². The van der Waals surface area contributed by atoms with Crippen molar-refractivity contribution in [1.82, 2.24) is 14.5 Å². The molecule has 1 N–H and O–H groups in total. The van der Waals surface area contributed by atoms with E-state index in [1.807, 2.05) is 73.8 Å². The zero-order chi connectivity index (χ0) is 26.6. The van der Waals surface area contributed by atoms with Crippen LogP contribution in [0.5, 0.6) is 11.5 Å². The molecular weight excluding hydrogens is 480 g/mol. The Morgan fingerprint density at radius 3 is 2.37 bits per heavy atom. The molecule has 0 radical (unpaired) electrons. The van der Waals surface area contributed by atoms with Gasteiger partial charge in [0, 0.05) is 29.4 Å². The number of carbonyl (C=O) groups excluding carboxylic acids is 2. The molecule has 0 bridgehead atoms. The molecule has 1 heterocycles. The van der Waals surface area contributed by atoms with Crippen molar-refractivity contribution in [2.75, 3.05) is 26.1 Å². The number of hydrogen-bond acceptors (Lipinski definition) is 5. The minimum Gasteiger partial charge on any atom is -0.493 e. The van der Waals surface area contributed by atoms with Crippen molar-refractivity contribution in [3.63, 3.8) is 0 Å². The van der Waals surface area contributed by atoms with Gasteiger partial charge in [0.2, 0.25) is 11.9 Å². The second kappa shape index (κ2) is 10.8. The van der Waals surface area contributed by atoms with Gasteiger partial charge in [-0.25, -0.2) is 4.98 Å². The predicted octanol–water partition coefficient (Wildman–Crippen LogP) is 5.11. The van der Waals surface area contributed by atoms with E-state index in [1.54, 1.807) is 35.8 Å². The number of aryl methyl sites for hydroxylation is 1. The first kappa shape index (κ1) is 25.1. The minimum absolute atomic E-state index is 0.0582. The monoisotopic (exact) mass is 510 g/mol. The molecule has 8 heteroatoms. The number of methoxy groups -OCH3 is 2. The quantitative estimate of drug-likeness (QED) is 0.338. The Labute approximate surface area is 221 Å². The van der Waals surface area contributed by atoms with Gasteiger partial charge < -0.3 is 14.4 Å². The highest BCUT2D eigenvalue weighted by Crippen LogP contribution is 2.32. The molecule has 8 nitrogen and oxygen atoms in total. The van der Waals surface area contributed by atoms with Crippen LogP contribution in [-0.2, 0) is 4.79 Å². The van der Waals surface area contributed by atoms with E-state index >= 15 is 0 Å². The first-order valence-electron chi connectivity index (χ1n) is 12.5. The standard InChI is InChI=1S/C30H30N4O4/c1-20-9-7-8-12-24(20)29(36)33(22-13-14-22)19-28(35)32-30-31-25(21-10-5-4-6-11-21)18-34(30)23-15-16-26(37-2)27(17-23)38-3/h4-12,15-18,22H,13-14,19H2,1-3H3,(H,31,32,35). The molecule has 1 saturated carbocycles. The molecular formula is C30H30N4O4. The topological polar surface area (TPSA) is 85.7 Å². The fourth-order valence-electron chi connectivity index (χ4n) is 4.43. The fraction of sp³-hybridized carbons (Fsp3) is 0.233. The van der Waals surface area contributed by atoms with E-state index in [9.17, 15) is 9.59 Å². The Kier molecular flexibility index (Phi) is 7.13. The number of nitrogens with zero attached hydrogens (tertiary/aromatic N) is 3. The Morgan fingerprint density at radius 1 is 0.974 bits per heavy atom. The largest absolute Gasteiger partial charge is 0.493 e. The first-order chi connectivity index (χ1) is 18.5. The van der Waals surface area contributed by atoms with Crippen LogP contribution in [0.2, 0.25) is 0 Å². The van der Waals surface area contributed by atoms with E-state index in [2.05, 4.69) is 5.32 Å². The summed E-state index contributed by atoms with van der Waals surface area (Å²) < 4.78 is 12.7. The summed E-state index contributed by atoms with van der Waals surface area (Å²) in [6.07, 6.45) is 3.65. The number of nitrogens with one attached hydrogen (secondary N) is 1. The van der Waals surface area contributed by atoms with Crippen LogP contribution in [0.25, 0.3) is 16.9 Å². The molecule has 2 amide bonds. The molecule has 194 valence electrons. The smallest absolute Gasteiger partial charge is 0.254 e. The van der Waals surface area contributed by atoms with E-state index in [1.165, 1.54) is 0 Å². The van der Waals surface area contributed by atoms with Crippen LogP contribution in [0.1, 0.15) is 28.8 Å². The average Bonchev–Trinajstić information content (AvgIpc) is 3.71. The number of aromatic nitrogens is 2. The average molecular weight is 511 g/mol. The van der Waals surface area contributed by atoms with Crippen LogP contribution >= 0.6 is 0 Å². The molecule has 0 atom stereocenters. The van der Waals surface area contributed by atoms with E-state index in [0.29, 0.717) is 28.7 Å². The van der Waals surface area contributed by atoms with Gasteiger partial charge in [-0.2, -0.15) is 0 Å². The number of ether oxygens (including phenoxy) is 2. The van der Waals surface area contributed by atoms with Crippen LogP contribution in [0.4, 0.5) is 5.95 Å². The SMILES string of the molecule is COc1ccc(-n2cc(-c3ccccc3)nc2NC(=O)CN(C(=O)c2ccccc2C)C2CC2)cc1OC. The van der Waals surface area contributed by atoms with E-state index in [0.717, 1.165) is 29.7 Å². The number of benzene rings is 3. The van der Waals surface area contributed by atoms with Gasteiger partial charge in [-0.15, -0.1) is 0 Å². The molecule has 5 rings (SSSR count). The zero-order valence-electron chi connectivity index (χ0n) is 21.7. The summed E-state index contributed by atoms with van der Waals surface area (Å²) in [5.41, 5.74) is 3.86. The molecule has 0 unspecified atom stereocenters. The van der Waals surface area contributed by atoms with Crippen LogP contribution < -0.4 is 14.8 Å². The molecule has 0 aliphatic heterocycles. The van der Waals surface area contributed by atoms with Crippen molar-refractivity contribution in [2.45, 2.75) is 25.8 Å². The van der Waals surface area contributed by atoms with E-state index < -0.39 is 0 Å². The van der Waals surface area contributed by atoms with Crippen molar-refractivity contribution >= 4 is 17.8 Å². The molecule has 1 aromatic heterocycles. The summed E-state index contributed by atoms with van der Waals surface area (Å²) in [6, 6.07) is 22.8. The van der Waals surface area contributed by atoms with Gasteiger partial charge in [0.05, 0.1) is 25.6 Å². The third-order valence-electron chi connectivity index (χ3n) is 6.61. The van der Waals surface area contributed by atoms with Crippen molar-refractivity contribution in [3.8, 4) is 28.4 Å². The number of carbonyl (C=O) groups is 2. The first-order valence-corrected chi connectivity index (χ1v) is 12.5. The highest BCUT2D eigenvalue weighted by molar-refractivity contribution is 6.00. The number of hydrogen-bond donors (Lipinski definition) is 1. The maximum absolute atomic E-state index is 13.3. The number of amides is 2. The van der Waals surface area contributed by atoms with Gasteiger partial charge in [-0.05, 0) is 43.5 Å². The molecule has 38 heavy (non-hydrogen) atoms. The van der Waals surface area contributed by atoms with Crippen LogP contribution in [0.3, 0.4) is 0 Å². The highest BCUT2D eigenvalue weighted by Gasteiger charge is 2.35. The van der Waals surface area contributed by atoms with Gasteiger partial charge in [-0.1, -0.05) is 48.5 Å². The lowest BCUT2D eigenvalue weighted by Crippen LogP contribution is -2.40. The summed E-state index contributed by atoms with van der Waals surface area (Å²) in [5, 5.41) is 2.95. The second-order valence-electron chi connectivity index (χ2n) is 9.25. The summed E-state index contributed by atoms with van der Waals surface area (Å²) in [4.78, 5) is 33.1. The lowest BCUT2D eigenvalue weighted by Gasteiger charge is -2.23. The summed E-state index contributed by atoms with van der Waals surface area (Å²) >= 11 is 0. The maximum Gasteiger partial charge on any atom is 0.254 e. The van der Waals surface area contributed by atoms with Crippen LogP contribution in [0.15, 0.2) is 79.0 Å². The van der Waals surface area contributed by atoms with Crippen molar-refractivity contribution in [3.05, 3.63) is 90.1 Å². The van der Waals surface area contributed by atoms with Crippen molar-refractivity contribution in [2.24, 2.45) is 0 Å². The Bertz CT molecular complexity index is 1460. The van der Waals surface area contributed by atoms with E-state index in [4.69, 9.17) is 14.5 Å². The molecule has 0 spiro atoms. The lowest BCUT2D eigenvalue weighted by molar-refractivity contribution is -0.117. The number of imidazole rings is 1. The molecule has 1 fully saturated rings. The van der Waals surface area contributed by atoms with Crippen molar-refractivity contribution < 1.29 is 19.1 Å². The molecule has 4 aromatic rings. The molecule has 3 aromatic carbocycles. The van der Waals surface area contributed by atoms with Gasteiger partial charge >= 0.3 is 0 Å². The number of anilines is 1. The highest BCUT2D eigenvalue weighted by atomic mass is 16.5. The van der Waals surface area contributed by atoms with Gasteiger partial charge in [-0.3, -0.25) is 19.5 Å². The summed E-state index contributed by atoms with van der Waals surface area (Å²) in [7, 11) is 3.16. The lowest BCUT2D eigenvalue weighted by atomic mass is 10.1. The normalized spacial score (nSPS) is 12.6. The molecule has 0 saturated heterocycles. The Hall–Kier alpha value is -4.59. The second-order valence-corrected chi connectivity index (χ2v) is 9.25. The predicted molar refractivity (Wildman–Crippen MR) is 146 cm³/mol. The summed E-state index contributed by atoms with van der Waals surface area (Å²) in [5.74, 6) is 1.06. The number of rotatable bonds is 9.